The predicted molar refractivity (Wildman–Crippen MR) is 73.9 cm³/mol. The molecule has 1 atom stereocenters. The van der Waals surface area contributed by atoms with E-state index in [2.05, 4.69) is 20.9 Å². The van der Waals surface area contributed by atoms with Gasteiger partial charge >= 0.3 is 0 Å². The lowest BCUT2D eigenvalue weighted by Crippen LogP contribution is -2.38. The van der Waals surface area contributed by atoms with Gasteiger partial charge in [0.25, 0.3) is 0 Å². The van der Waals surface area contributed by atoms with Crippen LogP contribution < -0.4 is 4.90 Å². The van der Waals surface area contributed by atoms with Gasteiger partial charge in [0, 0.05) is 32.2 Å². The van der Waals surface area contributed by atoms with E-state index in [0.29, 0.717) is 5.69 Å². The molecule has 0 amide bonds. The number of aliphatic hydroxyl groups is 1. The zero-order chi connectivity index (χ0) is 13.7. The number of anilines is 1. The lowest BCUT2D eigenvalue weighted by Gasteiger charge is -2.26. The molecule has 1 aliphatic rings. The van der Waals surface area contributed by atoms with E-state index in [0.717, 1.165) is 38.4 Å². The van der Waals surface area contributed by atoms with E-state index >= 15 is 0 Å². The Labute approximate surface area is 114 Å². The van der Waals surface area contributed by atoms with Gasteiger partial charge in [-0.1, -0.05) is 6.07 Å². The smallest absolute Gasteiger partial charge is 0.142 e. The Morgan fingerprint density at radius 2 is 2.21 bits per heavy atom. The first-order valence-electron chi connectivity index (χ1n) is 6.71. The molecule has 1 fully saturated rings. The first-order chi connectivity index (χ1) is 9.24. The third kappa shape index (κ3) is 3.43. The number of pyridine rings is 1. The first kappa shape index (κ1) is 13.8. The van der Waals surface area contributed by atoms with Crippen molar-refractivity contribution in [2.45, 2.75) is 19.4 Å². The fourth-order valence-electron chi connectivity index (χ4n) is 2.38. The van der Waals surface area contributed by atoms with Crippen LogP contribution in [0.15, 0.2) is 18.2 Å². The highest BCUT2D eigenvalue weighted by Gasteiger charge is 2.19. The van der Waals surface area contributed by atoms with Crippen LogP contribution in [0, 0.1) is 11.3 Å². The Morgan fingerprint density at radius 1 is 1.37 bits per heavy atom. The first-order valence-corrected chi connectivity index (χ1v) is 6.71. The maximum Gasteiger partial charge on any atom is 0.142 e. The van der Waals surface area contributed by atoms with Crippen molar-refractivity contribution < 1.29 is 5.11 Å². The van der Waals surface area contributed by atoms with Crippen LogP contribution in [0.2, 0.25) is 0 Å². The van der Waals surface area contributed by atoms with Crippen LogP contribution in [-0.2, 0) is 0 Å². The van der Waals surface area contributed by atoms with Crippen molar-refractivity contribution >= 4 is 5.82 Å². The molecule has 0 aromatic carbocycles. The summed E-state index contributed by atoms with van der Waals surface area (Å²) >= 11 is 0. The van der Waals surface area contributed by atoms with Gasteiger partial charge in [0.15, 0.2) is 0 Å². The molecule has 5 heteroatoms. The van der Waals surface area contributed by atoms with Crippen LogP contribution >= 0.6 is 0 Å². The van der Waals surface area contributed by atoms with Crippen molar-refractivity contribution in [2.24, 2.45) is 0 Å². The summed E-state index contributed by atoms with van der Waals surface area (Å²) in [6, 6.07) is 7.83. The Hall–Kier alpha value is -1.64. The fourth-order valence-corrected chi connectivity index (χ4v) is 2.38. The highest BCUT2D eigenvalue weighted by Crippen LogP contribution is 2.15. The van der Waals surface area contributed by atoms with Crippen LogP contribution in [0.3, 0.4) is 0 Å². The van der Waals surface area contributed by atoms with Gasteiger partial charge in [-0.25, -0.2) is 4.98 Å². The third-order valence-corrected chi connectivity index (χ3v) is 3.59. The summed E-state index contributed by atoms with van der Waals surface area (Å²) in [6.07, 6.45) is 1.04. The molecular formula is C14H20N4O. The number of hydrogen-bond donors (Lipinski definition) is 1. The lowest BCUT2D eigenvalue weighted by molar-refractivity contribution is 0.141. The number of nitrogens with zero attached hydrogens (tertiary/aromatic N) is 4. The van der Waals surface area contributed by atoms with Crippen molar-refractivity contribution in [3.8, 4) is 6.07 Å². The van der Waals surface area contributed by atoms with E-state index in [1.54, 1.807) is 6.07 Å². The number of hydrogen-bond acceptors (Lipinski definition) is 5. The van der Waals surface area contributed by atoms with Crippen molar-refractivity contribution in [2.75, 3.05) is 37.7 Å². The minimum Gasteiger partial charge on any atom is -0.395 e. The second kappa shape index (κ2) is 6.50. The SMILES string of the molecule is C[C@@H](CO)N1CCCN(c2cccc(C#N)n2)CC1. The lowest BCUT2D eigenvalue weighted by atomic mass is 10.3. The molecule has 1 aliphatic heterocycles. The summed E-state index contributed by atoms with van der Waals surface area (Å²) in [5.41, 5.74) is 0.460. The fraction of sp³-hybridized carbons (Fsp3) is 0.571. The molecule has 2 heterocycles. The molecule has 0 aliphatic carbocycles. The summed E-state index contributed by atoms with van der Waals surface area (Å²) in [6.45, 7) is 5.98. The molecule has 0 spiro atoms. The zero-order valence-corrected chi connectivity index (χ0v) is 11.3. The topological polar surface area (TPSA) is 63.4 Å². The molecule has 0 unspecified atom stereocenters. The van der Waals surface area contributed by atoms with Crippen LogP contribution in [-0.4, -0.2) is 53.8 Å². The molecule has 1 saturated heterocycles. The van der Waals surface area contributed by atoms with Gasteiger partial charge in [0.1, 0.15) is 17.6 Å². The second-order valence-corrected chi connectivity index (χ2v) is 4.90. The normalized spacial score (nSPS) is 18.7. The van der Waals surface area contributed by atoms with Gasteiger partial charge in [-0.15, -0.1) is 0 Å². The molecule has 1 aromatic heterocycles. The molecular weight excluding hydrogens is 240 g/mol. The van der Waals surface area contributed by atoms with Crippen LogP contribution in [0.4, 0.5) is 5.82 Å². The molecule has 0 saturated carbocycles. The molecule has 1 N–H and O–H groups in total. The minimum absolute atomic E-state index is 0.197. The molecule has 5 nitrogen and oxygen atoms in total. The second-order valence-electron chi connectivity index (χ2n) is 4.90. The molecule has 0 bridgehead atoms. The third-order valence-electron chi connectivity index (χ3n) is 3.59. The van der Waals surface area contributed by atoms with E-state index in [9.17, 15) is 5.11 Å². The Kier molecular flexibility index (Phi) is 4.72. The van der Waals surface area contributed by atoms with Crippen molar-refractivity contribution in [1.29, 1.82) is 5.26 Å². The van der Waals surface area contributed by atoms with E-state index in [1.165, 1.54) is 0 Å². The van der Waals surface area contributed by atoms with Crippen molar-refractivity contribution in [3.05, 3.63) is 23.9 Å². The van der Waals surface area contributed by atoms with Gasteiger partial charge in [-0.3, -0.25) is 4.90 Å². The van der Waals surface area contributed by atoms with Gasteiger partial charge in [-0.05, 0) is 25.5 Å². The van der Waals surface area contributed by atoms with Gasteiger partial charge < -0.3 is 10.0 Å². The molecule has 2 rings (SSSR count). The van der Waals surface area contributed by atoms with E-state index < -0.39 is 0 Å². The zero-order valence-electron chi connectivity index (χ0n) is 11.3. The molecule has 0 radical (unpaired) electrons. The summed E-state index contributed by atoms with van der Waals surface area (Å²) in [4.78, 5) is 8.86. The van der Waals surface area contributed by atoms with Gasteiger partial charge in [0.2, 0.25) is 0 Å². The number of aromatic nitrogens is 1. The summed E-state index contributed by atoms with van der Waals surface area (Å²) in [5.74, 6) is 0.873. The Bertz CT molecular complexity index is 457. The van der Waals surface area contributed by atoms with Crippen LogP contribution in [0.1, 0.15) is 19.0 Å². The maximum absolute atomic E-state index is 9.23. The average Bonchev–Trinajstić information content (AvgIpc) is 2.72. The minimum atomic E-state index is 0.197. The van der Waals surface area contributed by atoms with Crippen LogP contribution in [0.5, 0.6) is 0 Å². The summed E-state index contributed by atoms with van der Waals surface area (Å²) in [7, 11) is 0. The molecule has 1 aromatic rings. The van der Waals surface area contributed by atoms with E-state index in [1.807, 2.05) is 19.1 Å². The maximum atomic E-state index is 9.23. The monoisotopic (exact) mass is 260 g/mol. The highest BCUT2D eigenvalue weighted by atomic mass is 16.3. The largest absolute Gasteiger partial charge is 0.395 e. The number of aliphatic hydroxyl groups excluding tert-OH is 1. The van der Waals surface area contributed by atoms with E-state index in [4.69, 9.17) is 5.26 Å². The Balaban J connectivity index is 2.04. The quantitative estimate of drug-likeness (QED) is 0.872. The summed E-state index contributed by atoms with van der Waals surface area (Å²) < 4.78 is 0. The number of nitriles is 1. The van der Waals surface area contributed by atoms with Crippen molar-refractivity contribution in [1.82, 2.24) is 9.88 Å². The van der Waals surface area contributed by atoms with Crippen molar-refractivity contribution in [3.63, 3.8) is 0 Å². The van der Waals surface area contributed by atoms with Crippen LogP contribution in [0.25, 0.3) is 0 Å². The predicted octanol–water partition coefficient (Wildman–Crippen LogP) is 0.846. The summed E-state index contributed by atoms with van der Waals surface area (Å²) in [5, 5.41) is 18.1. The standard InChI is InChI=1S/C14H20N4O/c1-12(11-19)17-6-3-7-18(9-8-17)14-5-2-4-13(10-15)16-14/h2,4-5,12,19H,3,6-9,11H2,1H3/t12-/m0/s1. The average molecular weight is 260 g/mol. The molecule has 102 valence electrons. The number of rotatable bonds is 3. The molecule has 19 heavy (non-hydrogen) atoms. The Morgan fingerprint density at radius 3 is 2.95 bits per heavy atom. The van der Waals surface area contributed by atoms with Gasteiger partial charge in [-0.2, -0.15) is 5.26 Å². The van der Waals surface area contributed by atoms with Gasteiger partial charge in [0.05, 0.1) is 6.61 Å². The highest BCUT2D eigenvalue weighted by molar-refractivity contribution is 5.41. The van der Waals surface area contributed by atoms with E-state index in [-0.39, 0.29) is 12.6 Å².